The lowest BCUT2D eigenvalue weighted by molar-refractivity contribution is 0.00843. The van der Waals surface area contributed by atoms with Crippen LogP contribution in [0.15, 0.2) is 67.0 Å². The maximum Gasteiger partial charge on any atom is 0.338 e. The van der Waals surface area contributed by atoms with Crippen molar-refractivity contribution < 1.29 is 19.1 Å². The maximum absolute atomic E-state index is 12.7. The molecule has 190 valence electrons. The summed E-state index contributed by atoms with van der Waals surface area (Å²) >= 11 is 2.11. The van der Waals surface area contributed by atoms with Crippen molar-refractivity contribution >= 4 is 51.6 Å². The van der Waals surface area contributed by atoms with Gasteiger partial charge in [0.25, 0.3) is 0 Å². The van der Waals surface area contributed by atoms with Crippen LogP contribution in [0.3, 0.4) is 0 Å². The highest BCUT2D eigenvalue weighted by molar-refractivity contribution is 14.1. The summed E-state index contributed by atoms with van der Waals surface area (Å²) in [6.45, 7) is 0.477. The standard InChI is InChI=1S/C27H26IN5O4/c28-23-22-24(32-27(29)31-23)33(16-30-22)21-12-11-19(14-36-25(34)17-7-3-1-4-8-17)20(13-21)15-37-26(35)18-9-5-2-6-10-18/h1-10,16,19-21H,11-15H2,(H2,29,31,32). The first-order chi connectivity index (χ1) is 18.0. The molecule has 1 aliphatic rings. The Hall–Kier alpha value is -3.54. The number of imidazole rings is 1. The van der Waals surface area contributed by atoms with Gasteiger partial charge in [0.05, 0.1) is 30.7 Å². The van der Waals surface area contributed by atoms with E-state index in [1.807, 2.05) is 16.7 Å². The Bertz CT molecular complexity index is 1400. The lowest BCUT2D eigenvalue weighted by Gasteiger charge is -2.36. The van der Waals surface area contributed by atoms with Crippen LogP contribution in [0.2, 0.25) is 0 Å². The third-order valence-electron chi connectivity index (χ3n) is 6.78. The summed E-state index contributed by atoms with van der Waals surface area (Å²) in [5, 5.41) is 0. The molecule has 2 N–H and O–H groups in total. The van der Waals surface area contributed by atoms with E-state index in [1.165, 1.54) is 0 Å². The number of rotatable bonds is 7. The first-order valence-electron chi connectivity index (χ1n) is 12.1. The fourth-order valence-corrected chi connectivity index (χ4v) is 5.45. The molecule has 1 fully saturated rings. The molecule has 0 radical (unpaired) electrons. The van der Waals surface area contributed by atoms with E-state index in [1.54, 1.807) is 54.9 Å². The second kappa shape index (κ2) is 11.2. The number of hydrogen-bond acceptors (Lipinski definition) is 8. The third kappa shape index (κ3) is 5.74. The third-order valence-corrected chi connectivity index (χ3v) is 7.53. The normalized spacial score (nSPS) is 19.4. The van der Waals surface area contributed by atoms with E-state index in [-0.39, 0.29) is 49.0 Å². The Kier molecular flexibility index (Phi) is 7.63. The highest BCUT2D eigenvalue weighted by Gasteiger charge is 2.34. The molecule has 3 unspecified atom stereocenters. The van der Waals surface area contributed by atoms with Gasteiger partial charge in [0.1, 0.15) is 9.22 Å². The number of nitrogens with zero attached hydrogens (tertiary/aromatic N) is 4. The van der Waals surface area contributed by atoms with E-state index in [9.17, 15) is 9.59 Å². The largest absolute Gasteiger partial charge is 0.462 e. The number of halogens is 1. The number of ether oxygens (including phenoxy) is 2. The van der Waals surface area contributed by atoms with Gasteiger partial charge < -0.3 is 19.8 Å². The number of nitrogen functional groups attached to an aromatic ring is 1. The Balaban J connectivity index is 1.33. The van der Waals surface area contributed by atoms with Crippen LogP contribution in [0, 0.1) is 15.5 Å². The first-order valence-corrected chi connectivity index (χ1v) is 13.2. The van der Waals surface area contributed by atoms with Crippen LogP contribution in [0.4, 0.5) is 5.95 Å². The molecule has 2 heterocycles. The fourth-order valence-electron chi connectivity index (χ4n) is 4.82. The molecule has 3 atom stereocenters. The number of nitrogens with two attached hydrogens (primary N) is 1. The van der Waals surface area contributed by atoms with Gasteiger partial charge >= 0.3 is 11.9 Å². The average molecular weight is 611 g/mol. The van der Waals surface area contributed by atoms with Gasteiger partial charge in [-0.2, -0.15) is 4.98 Å². The van der Waals surface area contributed by atoms with Crippen molar-refractivity contribution in [2.45, 2.75) is 25.3 Å². The fraction of sp³-hybridized carbons (Fsp3) is 0.296. The van der Waals surface area contributed by atoms with E-state index < -0.39 is 0 Å². The van der Waals surface area contributed by atoms with Gasteiger partial charge in [-0.25, -0.2) is 19.6 Å². The molecular formula is C27H26IN5O4. The Labute approximate surface area is 227 Å². The number of esters is 2. The molecule has 1 saturated carbocycles. The molecule has 0 saturated heterocycles. The second-order valence-electron chi connectivity index (χ2n) is 9.11. The van der Waals surface area contributed by atoms with Crippen LogP contribution in [0.1, 0.15) is 46.0 Å². The molecule has 0 aliphatic heterocycles. The highest BCUT2D eigenvalue weighted by atomic mass is 127. The van der Waals surface area contributed by atoms with Crippen LogP contribution in [-0.4, -0.2) is 44.7 Å². The van der Waals surface area contributed by atoms with Crippen LogP contribution in [0.5, 0.6) is 0 Å². The Morgan fingerprint density at radius 3 is 2.11 bits per heavy atom. The molecule has 37 heavy (non-hydrogen) atoms. The van der Waals surface area contributed by atoms with E-state index >= 15 is 0 Å². The summed E-state index contributed by atoms with van der Waals surface area (Å²) in [6.07, 6.45) is 4.11. The van der Waals surface area contributed by atoms with Crippen molar-refractivity contribution in [1.82, 2.24) is 19.5 Å². The van der Waals surface area contributed by atoms with Crippen molar-refractivity contribution in [3.8, 4) is 0 Å². The minimum absolute atomic E-state index is 0.0225. The molecular weight excluding hydrogens is 585 g/mol. The van der Waals surface area contributed by atoms with Gasteiger partial charge in [-0.3, -0.25) is 0 Å². The van der Waals surface area contributed by atoms with Crippen molar-refractivity contribution in [3.05, 3.63) is 81.8 Å². The summed E-state index contributed by atoms with van der Waals surface area (Å²) < 4.78 is 14.1. The van der Waals surface area contributed by atoms with Gasteiger partial charge in [-0.15, -0.1) is 0 Å². The van der Waals surface area contributed by atoms with Gasteiger partial charge in [-0.1, -0.05) is 36.4 Å². The number of anilines is 1. The Morgan fingerprint density at radius 1 is 0.892 bits per heavy atom. The van der Waals surface area contributed by atoms with E-state index in [4.69, 9.17) is 15.2 Å². The highest BCUT2D eigenvalue weighted by Crippen LogP contribution is 2.39. The zero-order valence-corrected chi connectivity index (χ0v) is 22.2. The summed E-state index contributed by atoms with van der Waals surface area (Å²) in [5.74, 6) is -0.502. The molecule has 10 heteroatoms. The minimum atomic E-state index is -0.370. The zero-order chi connectivity index (χ0) is 25.8. The summed E-state index contributed by atoms with van der Waals surface area (Å²) in [6, 6.07) is 17.9. The van der Waals surface area contributed by atoms with Gasteiger partial charge in [0.2, 0.25) is 5.95 Å². The van der Waals surface area contributed by atoms with Crippen molar-refractivity contribution in [3.63, 3.8) is 0 Å². The van der Waals surface area contributed by atoms with Crippen molar-refractivity contribution in [1.29, 1.82) is 0 Å². The number of aromatic nitrogens is 4. The van der Waals surface area contributed by atoms with E-state index in [0.29, 0.717) is 32.4 Å². The van der Waals surface area contributed by atoms with Crippen molar-refractivity contribution in [2.24, 2.45) is 11.8 Å². The lowest BCUT2D eigenvalue weighted by atomic mass is 9.77. The Morgan fingerprint density at radius 2 is 1.49 bits per heavy atom. The quantitative estimate of drug-likeness (QED) is 0.182. The molecule has 0 amide bonds. The number of carbonyl (C=O) groups excluding carboxylic acids is 2. The molecule has 0 bridgehead atoms. The molecule has 2 aromatic carbocycles. The summed E-state index contributed by atoms with van der Waals surface area (Å²) in [7, 11) is 0. The van der Waals surface area contributed by atoms with E-state index in [2.05, 4.69) is 37.5 Å². The van der Waals surface area contributed by atoms with Crippen LogP contribution >= 0.6 is 22.6 Å². The minimum Gasteiger partial charge on any atom is -0.462 e. The smallest absolute Gasteiger partial charge is 0.338 e. The summed E-state index contributed by atoms with van der Waals surface area (Å²) in [5.41, 5.74) is 8.33. The van der Waals surface area contributed by atoms with E-state index in [0.717, 1.165) is 12.8 Å². The number of hydrogen-bond donors (Lipinski definition) is 1. The predicted molar refractivity (Wildman–Crippen MR) is 146 cm³/mol. The zero-order valence-electron chi connectivity index (χ0n) is 20.0. The average Bonchev–Trinajstić information content (AvgIpc) is 3.35. The predicted octanol–water partition coefficient (Wildman–Crippen LogP) is 4.68. The second-order valence-corrected chi connectivity index (χ2v) is 10.1. The van der Waals surface area contributed by atoms with Gasteiger partial charge in [0.15, 0.2) is 5.65 Å². The van der Waals surface area contributed by atoms with Gasteiger partial charge in [-0.05, 0) is 72.0 Å². The first kappa shape index (κ1) is 25.1. The van der Waals surface area contributed by atoms with Crippen molar-refractivity contribution in [2.75, 3.05) is 18.9 Å². The SMILES string of the molecule is Nc1nc(I)c2ncn(C3CCC(COC(=O)c4ccccc4)C(COC(=O)c4ccccc4)C3)c2n1. The molecule has 5 rings (SSSR count). The number of benzene rings is 2. The topological polar surface area (TPSA) is 122 Å². The van der Waals surface area contributed by atoms with Crippen LogP contribution in [-0.2, 0) is 9.47 Å². The number of carbonyl (C=O) groups is 2. The number of fused-ring (bicyclic) bond motifs is 1. The molecule has 1 aliphatic carbocycles. The lowest BCUT2D eigenvalue weighted by Crippen LogP contribution is -2.33. The molecule has 2 aromatic heterocycles. The molecule has 9 nitrogen and oxygen atoms in total. The van der Waals surface area contributed by atoms with Crippen LogP contribution < -0.4 is 5.73 Å². The molecule has 4 aromatic rings. The maximum atomic E-state index is 12.7. The van der Waals surface area contributed by atoms with Crippen LogP contribution in [0.25, 0.3) is 11.2 Å². The summed E-state index contributed by atoms with van der Waals surface area (Å²) in [4.78, 5) is 38.3. The monoisotopic (exact) mass is 611 g/mol. The molecule has 0 spiro atoms. The van der Waals surface area contributed by atoms with Gasteiger partial charge in [0, 0.05) is 12.0 Å².